The van der Waals surface area contributed by atoms with Crippen LogP contribution in [-0.2, 0) is 9.53 Å². The van der Waals surface area contributed by atoms with E-state index in [9.17, 15) is 23.2 Å². The number of ether oxygens (including phenoxy) is 2. The highest BCUT2D eigenvalue weighted by atomic mass is 19.2. The second kappa shape index (κ2) is 11.9. The van der Waals surface area contributed by atoms with E-state index in [1.165, 1.54) is 17.2 Å². The number of fused-ring (bicyclic) bond motifs is 3. The van der Waals surface area contributed by atoms with Crippen LogP contribution in [0.25, 0.3) is 0 Å². The maximum absolute atomic E-state index is 14.0. The molecule has 4 rings (SSSR count). The zero-order chi connectivity index (χ0) is 30.1. The van der Waals surface area contributed by atoms with E-state index in [2.05, 4.69) is 10.6 Å². The Morgan fingerprint density at radius 2 is 1.85 bits per heavy atom. The van der Waals surface area contributed by atoms with Crippen LogP contribution in [0.15, 0.2) is 48.2 Å². The normalized spacial score (nSPS) is 19.1. The fourth-order valence-electron chi connectivity index (χ4n) is 5.30. The van der Waals surface area contributed by atoms with Crippen molar-refractivity contribution in [2.75, 3.05) is 39.0 Å². The summed E-state index contributed by atoms with van der Waals surface area (Å²) in [6, 6.07) is 7.63. The van der Waals surface area contributed by atoms with Crippen LogP contribution in [-0.4, -0.2) is 73.6 Å². The van der Waals surface area contributed by atoms with Crippen molar-refractivity contribution in [3.8, 4) is 5.75 Å². The van der Waals surface area contributed by atoms with Crippen molar-refractivity contribution >= 4 is 23.7 Å². The van der Waals surface area contributed by atoms with Crippen molar-refractivity contribution in [2.45, 2.75) is 45.8 Å². The third kappa shape index (κ3) is 6.67. The number of benzene rings is 2. The van der Waals surface area contributed by atoms with Gasteiger partial charge >= 0.3 is 12.1 Å². The Morgan fingerprint density at radius 1 is 1.12 bits per heavy atom. The first-order valence-electron chi connectivity index (χ1n) is 13.5. The molecule has 0 bridgehead atoms. The molecule has 2 heterocycles. The Hall–Kier alpha value is -3.99. The highest BCUT2D eigenvalue weighted by molar-refractivity contribution is 5.97. The Balaban J connectivity index is 1.67. The summed E-state index contributed by atoms with van der Waals surface area (Å²) in [5.74, 6) is -3.32. The van der Waals surface area contributed by atoms with Crippen LogP contribution >= 0.6 is 0 Å². The number of anilines is 1. The van der Waals surface area contributed by atoms with E-state index in [4.69, 9.17) is 9.47 Å². The molecule has 2 aliphatic rings. The van der Waals surface area contributed by atoms with Crippen molar-refractivity contribution in [1.29, 1.82) is 0 Å². The lowest BCUT2D eigenvalue weighted by Gasteiger charge is -2.36. The summed E-state index contributed by atoms with van der Waals surface area (Å²) in [5.41, 5.74) is 1.14. The second-order valence-electron chi connectivity index (χ2n) is 11.6. The highest BCUT2D eigenvalue weighted by Gasteiger charge is 2.49. The lowest BCUT2D eigenvalue weighted by atomic mass is 9.71. The molecule has 0 spiro atoms. The van der Waals surface area contributed by atoms with Gasteiger partial charge in [0.05, 0.1) is 17.7 Å². The van der Waals surface area contributed by atoms with Crippen LogP contribution in [0.4, 0.5) is 19.3 Å². The number of esters is 1. The molecule has 0 aromatic heterocycles. The van der Waals surface area contributed by atoms with Crippen LogP contribution in [0.5, 0.6) is 5.75 Å². The molecule has 0 fully saturated rings. The molecule has 0 saturated heterocycles. The summed E-state index contributed by atoms with van der Waals surface area (Å²) in [5, 5.41) is 6.09. The largest absolute Gasteiger partial charge is 0.460 e. The van der Waals surface area contributed by atoms with Crippen molar-refractivity contribution in [2.24, 2.45) is 5.41 Å². The number of nitrogens with one attached hydrogen (secondary N) is 2. The summed E-state index contributed by atoms with van der Waals surface area (Å²) < 4.78 is 38.5. The Morgan fingerprint density at radius 3 is 2.51 bits per heavy atom. The molecule has 220 valence electrons. The number of carbonyl (C=O) groups excluding carboxylic acids is 3. The minimum atomic E-state index is -1.13. The van der Waals surface area contributed by atoms with Crippen LogP contribution in [0, 0.1) is 17.0 Å². The number of nitrogens with zero attached hydrogens (tertiary/aromatic N) is 2. The van der Waals surface area contributed by atoms with Gasteiger partial charge in [0, 0.05) is 49.1 Å². The average molecular weight is 571 g/mol. The minimum absolute atomic E-state index is 0.0430. The molecule has 11 heteroatoms. The van der Waals surface area contributed by atoms with Gasteiger partial charge in [-0.15, -0.1) is 0 Å². The van der Waals surface area contributed by atoms with Gasteiger partial charge in [-0.1, -0.05) is 19.9 Å². The van der Waals surface area contributed by atoms with E-state index >= 15 is 0 Å². The zero-order valence-corrected chi connectivity index (χ0v) is 24.1. The standard InChI is InChI=1S/C30H36F2N4O5/c1-17(2)40-28(38)21-15-36(27(37)18-7-10-22(31)23(32)13-18)16-30(3,4)25-20-9-8-19(14-24(20)34-26(21)25)41-29(39)33-11-12-35(5)6/h7-10,13-15,17,25-26,34H,11-12,16H2,1-6H3,(H,33,39). The number of halogens is 2. The van der Waals surface area contributed by atoms with Gasteiger partial charge in [-0.05, 0) is 63.2 Å². The quantitative estimate of drug-likeness (QED) is 0.473. The van der Waals surface area contributed by atoms with Gasteiger partial charge in [-0.3, -0.25) is 4.79 Å². The predicted octanol–water partition coefficient (Wildman–Crippen LogP) is 4.51. The highest BCUT2D eigenvalue weighted by Crippen LogP contribution is 2.51. The van der Waals surface area contributed by atoms with Crippen molar-refractivity contribution in [3.63, 3.8) is 0 Å². The van der Waals surface area contributed by atoms with Gasteiger partial charge in [-0.25, -0.2) is 18.4 Å². The Bertz CT molecular complexity index is 1370. The SMILES string of the molecule is CC(C)OC(=O)C1=CN(C(=O)c2ccc(F)c(F)c2)CC(C)(C)C2c3ccc(OC(=O)NCCN(C)C)cc3NC12. The summed E-state index contributed by atoms with van der Waals surface area (Å²) in [6.07, 6.45) is 0.449. The van der Waals surface area contributed by atoms with E-state index < -0.39 is 47.2 Å². The molecule has 0 aliphatic carbocycles. The number of rotatable bonds is 7. The number of likely N-dealkylation sites (N-methyl/N-ethyl adjacent to an activating group) is 1. The van der Waals surface area contributed by atoms with Gasteiger partial charge in [-0.2, -0.15) is 0 Å². The van der Waals surface area contributed by atoms with Crippen LogP contribution in [0.1, 0.15) is 49.5 Å². The first-order valence-corrected chi connectivity index (χ1v) is 13.5. The minimum Gasteiger partial charge on any atom is -0.460 e. The lowest BCUT2D eigenvalue weighted by molar-refractivity contribution is -0.143. The van der Waals surface area contributed by atoms with Crippen LogP contribution in [0.2, 0.25) is 0 Å². The molecular formula is C30H36F2N4O5. The van der Waals surface area contributed by atoms with E-state index in [0.717, 1.165) is 17.7 Å². The maximum atomic E-state index is 14.0. The Labute approximate surface area is 238 Å². The van der Waals surface area contributed by atoms with E-state index in [1.54, 1.807) is 26.0 Å². The fourth-order valence-corrected chi connectivity index (χ4v) is 5.30. The Kier molecular flexibility index (Phi) is 8.67. The molecule has 2 aromatic rings. The zero-order valence-electron chi connectivity index (χ0n) is 24.1. The predicted molar refractivity (Wildman–Crippen MR) is 150 cm³/mol. The topological polar surface area (TPSA) is 100 Å². The smallest absolute Gasteiger partial charge is 0.412 e. The van der Waals surface area contributed by atoms with Crippen molar-refractivity contribution < 1.29 is 32.6 Å². The van der Waals surface area contributed by atoms with Gasteiger partial charge in [0.15, 0.2) is 11.6 Å². The molecule has 2 aliphatic heterocycles. The summed E-state index contributed by atoms with van der Waals surface area (Å²) in [6.45, 7) is 8.67. The fraction of sp³-hybridized carbons (Fsp3) is 0.433. The van der Waals surface area contributed by atoms with Gasteiger partial charge in [0.25, 0.3) is 5.91 Å². The maximum Gasteiger partial charge on any atom is 0.412 e. The third-order valence-electron chi connectivity index (χ3n) is 7.10. The molecule has 9 nitrogen and oxygen atoms in total. The molecule has 41 heavy (non-hydrogen) atoms. The van der Waals surface area contributed by atoms with Crippen LogP contribution in [0.3, 0.4) is 0 Å². The molecule has 0 saturated carbocycles. The summed E-state index contributed by atoms with van der Waals surface area (Å²) >= 11 is 0. The number of carbonyl (C=O) groups is 3. The first-order chi connectivity index (χ1) is 19.3. The molecule has 0 radical (unpaired) electrons. The van der Waals surface area contributed by atoms with Gasteiger partial charge in [0.2, 0.25) is 0 Å². The monoisotopic (exact) mass is 570 g/mol. The molecular weight excluding hydrogens is 534 g/mol. The van der Waals surface area contributed by atoms with Gasteiger partial charge < -0.3 is 29.9 Å². The molecule has 2 N–H and O–H groups in total. The molecule has 2 atom stereocenters. The van der Waals surface area contributed by atoms with Crippen molar-refractivity contribution in [1.82, 2.24) is 15.1 Å². The molecule has 2 amide bonds. The number of hydrogen-bond acceptors (Lipinski definition) is 7. The lowest BCUT2D eigenvalue weighted by Crippen LogP contribution is -2.39. The number of hydrogen-bond donors (Lipinski definition) is 2. The van der Waals surface area contributed by atoms with Crippen molar-refractivity contribution in [3.05, 3.63) is 70.9 Å². The number of amides is 2. The van der Waals surface area contributed by atoms with Crippen LogP contribution < -0.4 is 15.4 Å². The summed E-state index contributed by atoms with van der Waals surface area (Å²) in [7, 11) is 3.81. The molecule has 2 aromatic carbocycles. The third-order valence-corrected chi connectivity index (χ3v) is 7.10. The first kappa shape index (κ1) is 30.0. The van der Waals surface area contributed by atoms with E-state index in [0.29, 0.717) is 24.5 Å². The molecule has 2 unspecified atom stereocenters. The summed E-state index contributed by atoms with van der Waals surface area (Å²) in [4.78, 5) is 42.4. The van der Waals surface area contributed by atoms with E-state index in [-0.39, 0.29) is 23.6 Å². The average Bonchev–Trinajstić information content (AvgIpc) is 3.21. The van der Waals surface area contributed by atoms with E-state index in [1.807, 2.05) is 38.9 Å². The van der Waals surface area contributed by atoms with Gasteiger partial charge in [0.1, 0.15) is 5.75 Å². The second-order valence-corrected chi connectivity index (χ2v) is 11.6.